The number of nitrogens with zero attached hydrogens (tertiary/aromatic N) is 2. The Bertz CT molecular complexity index is 919. The molecule has 0 bridgehead atoms. The number of rotatable bonds is 4. The lowest BCUT2D eigenvalue weighted by atomic mass is 10.2. The molecule has 0 spiro atoms. The minimum absolute atomic E-state index is 0.223. The third-order valence-electron chi connectivity index (χ3n) is 3.22. The Morgan fingerprint density at radius 1 is 0.920 bits per heavy atom. The summed E-state index contributed by atoms with van der Waals surface area (Å²) in [6.07, 6.45) is 0. The quantitative estimate of drug-likeness (QED) is 0.723. The SMILES string of the molecule is O=C(Nc1ccc(Nc2ccc(F)c(F)c2)nn1)c1ccccc1Cl. The van der Waals surface area contributed by atoms with Crippen molar-refractivity contribution in [1.82, 2.24) is 10.2 Å². The lowest BCUT2D eigenvalue weighted by molar-refractivity contribution is 0.102. The summed E-state index contributed by atoms with van der Waals surface area (Å²) in [4.78, 5) is 12.1. The molecule has 126 valence electrons. The molecule has 0 aliphatic rings. The van der Waals surface area contributed by atoms with E-state index in [0.29, 0.717) is 22.1 Å². The van der Waals surface area contributed by atoms with Gasteiger partial charge in [-0.1, -0.05) is 23.7 Å². The fraction of sp³-hybridized carbons (Fsp3) is 0. The van der Waals surface area contributed by atoms with E-state index in [4.69, 9.17) is 11.6 Å². The normalized spacial score (nSPS) is 10.4. The van der Waals surface area contributed by atoms with Crippen molar-refractivity contribution in [2.75, 3.05) is 10.6 Å². The van der Waals surface area contributed by atoms with Gasteiger partial charge in [0.1, 0.15) is 0 Å². The van der Waals surface area contributed by atoms with Crippen LogP contribution < -0.4 is 10.6 Å². The number of benzene rings is 2. The molecule has 0 aliphatic heterocycles. The van der Waals surface area contributed by atoms with Crippen LogP contribution in [-0.2, 0) is 0 Å². The Hall–Kier alpha value is -3.06. The average molecular weight is 361 g/mol. The van der Waals surface area contributed by atoms with E-state index < -0.39 is 17.5 Å². The van der Waals surface area contributed by atoms with E-state index in [1.165, 1.54) is 18.2 Å². The second-order valence-corrected chi connectivity index (χ2v) is 5.40. The van der Waals surface area contributed by atoms with E-state index in [0.717, 1.165) is 12.1 Å². The monoisotopic (exact) mass is 360 g/mol. The van der Waals surface area contributed by atoms with Crippen LogP contribution in [0.25, 0.3) is 0 Å². The van der Waals surface area contributed by atoms with Gasteiger partial charge in [0.25, 0.3) is 5.91 Å². The maximum absolute atomic E-state index is 13.2. The zero-order chi connectivity index (χ0) is 17.8. The molecule has 0 radical (unpaired) electrons. The summed E-state index contributed by atoms with van der Waals surface area (Å²) in [5.74, 6) is -1.79. The van der Waals surface area contributed by atoms with Gasteiger partial charge in [-0.25, -0.2) is 8.78 Å². The van der Waals surface area contributed by atoms with Gasteiger partial charge in [-0.3, -0.25) is 4.79 Å². The second-order valence-electron chi connectivity index (χ2n) is 4.99. The number of nitrogens with one attached hydrogen (secondary N) is 2. The van der Waals surface area contributed by atoms with E-state index >= 15 is 0 Å². The summed E-state index contributed by atoms with van der Waals surface area (Å²) >= 11 is 5.96. The molecule has 3 rings (SSSR count). The van der Waals surface area contributed by atoms with E-state index in [9.17, 15) is 13.6 Å². The molecule has 0 unspecified atom stereocenters. The van der Waals surface area contributed by atoms with Crippen LogP contribution in [0, 0.1) is 11.6 Å². The first-order valence-corrected chi connectivity index (χ1v) is 7.52. The van der Waals surface area contributed by atoms with Gasteiger partial charge in [0.05, 0.1) is 10.6 Å². The van der Waals surface area contributed by atoms with Crippen molar-refractivity contribution >= 4 is 34.8 Å². The molecule has 2 N–H and O–H groups in total. The Morgan fingerprint density at radius 2 is 1.64 bits per heavy atom. The number of amides is 1. The fourth-order valence-corrected chi connectivity index (χ4v) is 2.24. The summed E-state index contributed by atoms with van der Waals surface area (Å²) in [6.45, 7) is 0. The Morgan fingerprint density at radius 3 is 2.32 bits per heavy atom. The summed E-state index contributed by atoms with van der Waals surface area (Å²) in [5, 5.41) is 13.4. The zero-order valence-corrected chi connectivity index (χ0v) is 13.4. The molecule has 0 fully saturated rings. The lowest BCUT2D eigenvalue weighted by Crippen LogP contribution is -2.14. The first-order chi connectivity index (χ1) is 12.0. The summed E-state index contributed by atoms with van der Waals surface area (Å²) in [5.41, 5.74) is 0.635. The summed E-state index contributed by atoms with van der Waals surface area (Å²) in [7, 11) is 0. The van der Waals surface area contributed by atoms with Crippen LogP contribution in [0.4, 0.5) is 26.1 Å². The zero-order valence-electron chi connectivity index (χ0n) is 12.6. The molecule has 3 aromatic rings. The van der Waals surface area contributed by atoms with Crippen molar-refractivity contribution in [3.8, 4) is 0 Å². The van der Waals surface area contributed by atoms with Gasteiger partial charge < -0.3 is 10.6 Å². The Balaban J connectivity index is 1.69. The van der Waals surface area contributed by atoms with Crippen LogP contribution in [0.15, 0.2) is 54.6 Å². The molecule has 1 aromatic heterocycles. The van der Waals surface area contributed by atoms with E-state index in [-0.39, 0.29) is 5.82 Å². The maximum atomic E-state index is 13.2. The highest BCUT2D eigenvalue weighted by molar-refractivity contribution is 6.34. The smallest absolute Gasteiger partial charge is 0.258 e. The van der Waals surface area contributed by atoms with Gasteiger partial charge in [0, 0.05) is 11.8 Å². The second kappa shape index (κ2) is 7.23. The number of halogens is 3. The standard InChI is InChI=1S/C17H11ClF2N4O/c18-12-4-2-1-3-11(12)17(25)22-16-8-7-15(23-24-16)21-10-5-6-13(19)14(20)9-10/h1-9H,(H,21,23)(H,22,24,25). The van der Waals surface area contributed by atoms with Gasteiger partial charge in [0.15, 0.2) is 23.3 Å². The number of carbonyl (C=O) groups excluding carboxylic acids is 1. The van der Waals surface area contributed by atoms with Crippen molar-refractivity contribution in [2.24, 2.45) is 0 Å². The predicted molar refractivity (Wildman–Crippen MR) is 91.1 cm³/mol. The fourth-order valence-electron chi connectivity index (χ4n) is 2.02. The van der Waals surface area contributed by atoms with Gasteiger partial charge in [-0.05, 0) is 36.4 Å². The molecule has 5 nitrogen and oxygen atoms in total. The molecule has 25 heavy (non-hydrogen) atoms. The van der Waals surface area contributed by atoms with Crippen LogP contribution in [0.5, 0.6) is 0 Å². The van der Waals surface area contributed by atoms with Gasteiger partial charge in [-0.15, -0.1) is 10.2 Å². The van der Waals surface area contributed by atoms with Crippen molar-refractivity contribution in [3.05, 3.63) is 76.8 Å². The third kappa shape index (κ3) is 4.07. The molecule has 0 aliphatic carbocycles. The average Bonchev–Trinajstić information content (AvgIpc) is 2.60. The van der Waals surface area contributed by atoms with Crippen LogP contribution in [0.1, 0.15) is 10.4 Å². The van der Waals surface area contributed by atoms with E-state index in [1.54, 1.807) is 24.3 Å². The molecule has 1 heterocycles. The summed E-state index contributed by atoms with van der Waals surface area (Å²) in [6, 6.07) is 13.0. The van der Waals surface area contributed by atoms with Crippen molar-refractivity contribution in [3.63, 3.8) is 0 Å². The van der Waals surface area contributed by atoms with Crippen LogP contribution >= 0.6 is 11.6 Å². The third-order valence-corrected chi connectivity index (χ3v) is 3.55. The van der Waals surface area contributed by atoms with Crippen LogP contribution in [-0.4, -0.2) is 16.1 Å². The minimum Gasteiger partial charge on any atom is -0.339 e. The highest BCUT2D eigenvalue weighted by atomic mass is 35.5. The molecular formula is C17H11ClF2N4O. The molecule has 1 amide bonds. The van der Waals surface area contributed by atoms with Gasteiger partial charge >= 0.3 is 0 Å². The highest BCUT2D eigenvalue weighted by Crippen LogP contribution is 2.19. The minimum atomic E-state index is -0.971. The number of carbonyl (C=O) groups is 1. The summed E-state index contributed by atoms with van der Waals surface area (Å²) < 4.78 is 26.1. The number of anilines is 3. The molecule has 0 atom stereocenters. The number of hydrogen-bond acceptors (Lipinski definition) is 4. The first kappa shape index (κ1) is 16.8. The topological polar surface area (TPSA) is 66.9 Å². The Kier molecular flexibility index (Phi) is 4.85. The van der Waals surface area contributed by atoms with Crippen LogP contribution in [0.3, 0.4) is 0 Å². The van der Waals surface area contributed by atoms with Gasteiger partial charge in [-0.2, -0.15) is 0 Å². The number of hydrogen-bond donors (Lipinski definition) is 2. The van der Waals surface area contributed by atoms with Crippen molar-refractivity contribution < 1.29 is 13.6 Å². The highest BCUT2D eigenvalue weighted by Gasteiger charge is 2.11. The van der Waals surface area contributed by atoms with Gasteiger partial charge in [0.2, 0.25) is 0 Å². The molecule has 2 aromatic carbocycles. The Labute approximate surface area is 146 Å². The maximum Gasteiger partial charge on any atom is 0.258 e. The molecule has 8 heteroatoms. The number of aromatic nitrogens is 2. The molecule has 0 saturated heterocycles. The van der Waals surface area contributed by atoms with E-state index in [1.807, 2.05) is 0 Å². The van der Waals surface area contributed by atoms with E-state index in [2.05, 4.69) is 20.8 Å². The first-order valence-electron chi connectivity index (χ1n) is 7.14. The molecule has 0 saturated carbocycles. The molecular weight excluding hydrogens is 350 g/mol. The van der Waals surface area contributed by atoms with Crippen LogP contribution in [0.2, 0.25) is 5.02 Å². The predicted octanol–water partition coefficient (Wildman–Crippen LogP) is 4.40. The van der Waals surface area contributed by atoms with Crippen molar-refractivity contribution in [1.29, 1.82) is 0 Å². The largest absolute Gasteiger partial charge is 0.339 e. The lowest BCUT2D eigenvalue weighted by Gasteiger charge is -2.07. The van der Waals surface area contributed by atoms with Crippen molar-refractivity contribution in [2.45, 2.75) is 0 Å².